The maximum Gasteiger partial charge on any atom is 0.261 e. The van der Waals surface area contributed by atoms with E-state index in [9.17, 15) is 19.2 Å². The normalized spacial score (nSPS) is 17.1. The molecule has 5 aromatic rings. The van der Waals surface area contributed by atoms with Crippen LogP contribution in [0.1, 0.15) is 82.0 Å². The molecule has 0 saturated heterocycles. The van der Waals surface area contributed by atoms with Crippen LogP contribution in [0.5, 0.6) is 0 Å². The van der Waals surface area contributed by atoms with Crippen LogP contribution in [0.3, 0.4) is 0 Å². The number of imide groups is 2. The molecule has 0 aliphatic carbocycles. The van der Waals surface area contributed by atoms with E-state index >= 15 is 0 Å². The minimum absolute atomic E-state index is 0.201. The van der Waals surface area contributed by atoms with Gasteiger partial charge < -0.3 is 0 Å². The maximum atomic E-state index is 13.5. The summed E-state index contributed by atoms with van der Waals surface area (Å²) in [5, 5.41) is 6.72. The smallest absolute Gasteiger partial charge is 0.261 e. The molecule has 0 unspecified atom stereocenters. The molecule has 5 aromatic carbocycles. The van der Waals surface area contributed by atoms with E-state index in [-0.39, 0.29) is 35.7 Å². The Bertz CT molecular complexity index is 1660. The Morgan fingerprint density at radius 2 is 0.737 bits per heavy atom. The van der Waals surface area contributed by atoms with E-state index in [1.807, 2.05) is 76.2 Å². The minimum atomic E-state index is -0.266. The fraction of sp³-hybridized carbons (Fsp3) is 0.250. The van der Waals surface area contributed by atoms with Crippen LogP contribution in [0.2, 0.25) is 0 Å². The molecule has 0 aromatic heterocycles. The lowest BCUT2D eigenvalue weighted by Crippen LogP contribution is -2.45. The Kier molecular flexibility index (Phi) is 4.57. The van der Waals surface area contributed by atoms with Gasteiger partial charge in [-0.15, -0.1) is 0 Å². The Hall–Kier alpha value is -4.32. The van der Waals surface area contributed by atoms with E-state index in [1.54, 1.807) is 0 Å². The Labute approximate surface area is 219 Å². The summed E-state index contributed by atoms with van der Waals surface area (Å²) in [6.45, 7) is 7.72. The highest BCUT2D eigenvalue weighted by molar-refractivity contribution is 6.41. The second-order valence-corrected chi connectivity index (χ2v) is 10.6. The third-order valence-electron chi connectivity index (χ3n) is 8.76. The average Bonchev–Trinajstić information content (AvgIpc) is 2.93. The molecule has 38 heavy (non-hydrogen) atoms. The second kappa shape index (κ2) is 7.60. The van der Waals surface area contributed by atoms with Crippen molar-refractivity contribution in [2.75, 3.05) is 0 Å². The van der Waals surface area contributed by atoms with Crippen molar-refractivity contribution < 1.29 is 19.2 Å². The Morgan fingerprint density at radius 3 is 0.974 bits per heavy atom. The number of hydrogen-bond acceptors (Lipinski definition) is 4. The number of carbonyl (C=O) groups is 4. The third-order valence-corrected chi connectivity index (χ3v) is 8.76. The summed E-state index contributed by atoms with van der Waals surface area (Å²) in [4.78, 5) is 56.8. The van der Waals surface area contributed by atoms with Gasteiger partial charge in [-0.2, -0.15) is 0 Å². The number of fused-ring (bicyclic) bond motifs is 2. The standard InChI is InChI=1S/C32H26N2O4/c1-5-15(3)33-29(35)21-11-7-17-19-9-13-23-28-24(32(38)34(31(23)37)16(4)6-2)14-10-20(26(19)28)18-8-12-22(30(33)36)27(21)25(17)18/h7-16H,5-6H2,1-4H3/t15-,16-/m0/s1. The molecule has 4 amide bonds. The van der Waals surface area contributed by atoms with Crippen molar-refractivity contribution in [3.63, 3.8) is 0 Å². The van der Waals surface area contributed by atoms with Crippen molar-refractivity contribution >= 4 is 66.7 Å². The lowest BCUT2D eigenvalue weighted by molar-refractivity contribution is 0.0532. The van der Waals surface area contributed by atoms with Gasteiger partial charge in [0.15, 0.2) is 0 Å². The van der Waals surface area contributed by atoms with Gasteiger partial charge in [-0.3, -0.25) is 29.0 Å². The fourth-order valence-electron chi connectivity index (χ4n) is 6.47. The van der Waals surface area contributed by atoms with Crippen LogP contribution in [0.15, 0.2) is 48.5 Å². The molecule has 0 N–H and O–H groups in total. The van der Waals surface area contributed by atoms with E-state index in [4.69, 9.17) is 0 Å². The topological polar surface area (TPSA) is 74.8 Å². The molecule has 0 fully saturated rings. The van der Waals surface area contributed by atoms with E-state index < -0.39 is 0 Å². The number of rotatable bonds is 4. The summed E-state index contributed by atoms with van der Waals surface area (Å²) in [5.74, 6) is -1.06. The zero-order valence-electron chi connectivity index (χ0n) is 21.7. The van der Waals surface area contributed by atoms with E-state index in [0.29, 0.717) is 45.9 Å². The zero-order valence-corrected chi connectivity index (χ0v) is 21.7. The van der Waals surface area contributed by atoms with Crippen LogP contribution >= 0.6 is 0 Å². The second-order valence-electron chi connectivity index (χ2n) is 10.6. The highest BCUT2D eigenvalue weighted by atomic mass is 16.2. The number of nitrogens with zero attached hydrogens (tertiary/aromatic N) is 2. The molecule has 0 bridgehead atoms. The molecule has 6 nitrogen and oxygen atoms in total. The van der Waals surface area contributed by atoms with Crippen molar-refractivity contribution in [3.05, 3.63) is 70.8 Å². The highest BCUT2D eigenvalue weighted by Gasteiger charge is 2.38. The summed E-state index contributed by atoms with van der Waals surface area (Å²) in [7, 11) is 0. The van der Waals surface area contributed by atoms with Crippen molar-refractivity contribution in [1.29, 1.82) is 0 Å². The Morgan fingerprint density at radius 1 is 0.474 bits per heavy atom. The first kappa shape index (κ1) is 22.8. The summed E-state index contributed by atoms with van der Waals surface area (Å²) in [6.07, 6.45) is 1.36. The molecule has 6 heteroatoms. The highest BCUT2D eigenvalue weighted by Crippen LogP contribution is 2.46. The molecular formula is C32H26N2O4. The number of amides is 4. The van der Waals surface area contributed by atoms with Gasteiger partial charge in [-0.05, 0) is 83.3 Å². The van der Waals surface area contributed by atoms with Gasteiger partial charge in [-0.25, -0.2) is 0 Å². The van der Waals surface area contributed by atoms with Crippen molar-refractivity contribution in [2.45, 2.75) is 52.6 Å². The number of hydrogen-bond donors (Lipinski definition) is 0. The largest absolute Gasteiger partial charge is 0.272 e. The van der Waals surface area contributed by atoms with Gasteiger partial charge in [0, 0.05) is 45.1 Å². The molecule has 0 radical (unpaired) electrons. The third kappa shape index (κ3) is 2.57. The summed E-state index contributed by atoms with van der Waals surface area (Å²) < 4.78 is 0. The average molecular weight is 503 g/mol. The quantitative estimate of drug-likeness (QED) is 0.159. The van der Waals surface area contributed by atoms with E-state index in [2.05, 4.69) is 0 Å². The summed E-state index contributed by atoms with van der Waals surface area (Å²) in [5.41, 5.74) is 2.13. The van der Waals surface area contributed by atoms with Gasteiger partial charge in [-0.1, -0.05) is 38.1 Å². The van der Waals surface area contributed by atoms with Crippen LogP contribution in [0, 0.1) is 0 Å². The van der Waals surface area contributed by atoms with Crippen molar-refractivity contribution in [2.24, 2.45) is 0 Å². The monoisotopic (exact) mass is 502 g/mol. The van der Waals surface area contributed by atoms with Crippen LogP contribution in [-0.4, -0.2) is 45.5 Å². The van der Waals surface area contributed by atoms with Crippen LogP contribution in [0.4, 0.5) is 0 Å². The Balaban J connectivity index is 1.60. The number of benzene rings is 5. The predicted octanol–water partition coefficient (Wildman–Crippen LogP) is 6.53. The molecule has 2 heterocycles. The molecule has 0 saturated carbocycles. The van der Waals surface area contributed by atoms with Gasteiger partial charge in [0.1, 0.15) is 0 Å². The molecule has 2 aliphatic heterocycles. The first-order valence-corrected chi connectivity index (χ1v) is 13.3. The maximum absolute atomic E-state index is 13.5. The molecule has 2 aliphatic rings. The first-order chi connectivity index (χ1) is 18.3. The predicted molar refractivity (Wildman–Crippen MR) is 148 cm³/mol. The first-order valence-electron chi connectivity index (χ1n) is 13.3. The van der Waals surface area contributed by atoms with Crippen LogP contribution in [0.25, 0.3) is 43.1 Å². The SMILES string of the molecule is CC[C@H](C)N1C(=O)c2ccc3c4ccc5c6c(ccc(c7ccc(c2c37)C1=O)c64)C(=O)N([C@@H](C)CC)C5=O. The molecule has 7 rings (SSSR count). The van der Waals surface area contributed by atoms with Gasteiger partial charge >= 0.3 is 0 Å². The minimum Gasteiger partial charge on any atom is -0.272 e. The van der Waals surface area contributed by atoms with Crippen LogP contribution < -0.4 is 0 Å². The zero-order chi connectivity index (χ0) is 26.6. The molecule has 0 spiro atoms. The van der Waals surface area contributed by atoms with E-state index in [0.717, 1.165) is 32.3 Å². The van der Waals surface area contributed by atoms with Gasteiger partial charge in [0.05, 0.1) is 0 Å². The lowest BCUT2D eigenvalue weighted by atomic mass is 9.82. The van der Waals surface area contributed by atoms with Gasteiger partial charge in [0.2, 0.25) is 0 Å². The summed E-state index contributed by atoms with van der Waals surface area (Å²) >= 11 is 0. The lowest BCUT2D eigenvalue weighted by Gasteiger charge is -2.33. The van der Waals surface area contributed by atoms with E-state index in [1.165, 1.54) is 9.80 Å². The molecule has 188 valence electrons. The van der Waals surface area contributed by atoms with Crippen LogP contribution in [-0.2, 0) is 0 Å². The van der Waals surface area contributed by atoms with Gasteiger partial charge in [0.25, 0.3) is 23.6 Å². The summed E-state index contributed by atoms with van der Waals surface area (Å²) in [6, 6.07) is 14.6. The van der Waals surface area contributed by atoms with Crippen molar-refractivity contribution in [3.8, 4) is 0 Å². The number of carbonyl (C=O) groups excluding carboxylic acids is 4. The fourth-order valence-corrected chi connectivity index (χ4v) is 6.47. The molecular weight excluding hydrogens is 476 g/mol. The molecule has 2 atom stereocenters. The van der Waals surface area contributed by atoms with Crippen molar-refractivity contribution in [1.82, 2.24) is 9.80 Å².